The summed E-state index contributed by atoms with van der Waals surface area (Å²) in [6, 6.07) is 12.1. The second-order valence-electron chi connectivity index (χ2n) is 7.44. The zero-order valence-corrected chi connectivity index (χ0v) is 18.1. The van der Waals surface area contributed by atoms with Crippen LogP contribution in [0.5, 0.6) is 5.75 Å². The third-order valence-electron chi connectivity index (χ3n) is 4.97. The van der Waals surface area contributed by atoms with Gasteiger partial charge in [0, 0.05) is 37.4 Å². The van der Waals surface area contributed by atoms with Crippen LogP contribution in [0, 0.1) is 6.92 Å². The molecule has 6 nitrogen and oxygen atoms in total. The highest BCUT2D eigenvalue weighted by Gasteiger charge is 2.21. The Labute approximate surface area is 178 Å². The summed E-state index contributed by atoms with van der Waals surface area (Å²) in [7, 11) is 1.79. The Morgan fingerprint density at radius 1 is 1.31 bits per heavy atom. The molecule has 156 valence electrons. The van der Waals surface area contributed by atoms with Crippen molar-refractivity contribution >= 4 is 23.4 Å². The number of anilines is 1. The fourth-order valence-electron chi connectivity index (χ4n) is 3.34. The first-order chi connectivity index (χ1) is 14.0. The van der Waals surface area contributed by atoms with Crippen molar-refractivity contribution in [2.24, 2.45) is 4.99 Å². The van der Waals surface area contributed by atoms with Crippen molar-refractivity contribution in [2.75, 3.05) is 31.6 Å². The van der Waals surface area contributed by atoms with Crippen molar-refractivity contribution in [1.29, 1.82) is 0 Å². The van der Waals surface area contributed by atoms with Gasteiger partial charge in [-0.3, -0.25) is 4.99 Å². The van der Waals surface area contributed by atoms with Crippen LogP contribution in [0.2, 0.25) is 5.02 Å². The van der Waals surface area contributed by atoms with Gasteiger partial charge in [0.1, 0.15) is 17.7 Å². The molecule has 1 atom stereocenters. The van der Waals surface area contributed by atoms with Crippen LogP contribution in [0.25, 0.3) is 0 Å². The number of nitrogens with one attached hydrogen (secondary N) is 2. The Bertz CT molecular complexity index is 803. The smallest absolute Gasteiger partial charge is 0.191 e. The van der Waals surface area contributed by atoms with E-state index in [9.17, 15) is 0 Å². The SMILES string of the molecule is CN=C(NCC(C)Oc1cccc(Cl)c1)NC1CCN(c2ccc(C)cn2)CC1. The summed E-state index contributed by atoms with van der Waals surface area (Å²) >= 11 is 6.01. The fourth-order valence-corrected chi connectivity index (χ4v) is 3.52. The maximum Gasteiger partial charge on any atom is 0.191 e. The molecular weight excluding hydrogens is 386 g/mol. The van der Waals surface area contributed by atoms with Gasteiger partial charge in [-0.15, -0.1) is 0 Å². The average Bonchev–Trinajstić information content (AvgIpc) is 2.72. The van der Waals surface area contributed by atoms with Gasteiger partial charge < -0.3 is 20.3 Å². The minimum Gasteiger partial charge on any atom is -0.489 e. The second kappa shape index (κ2) is 10.3. The molecule has 0 spiro atoms. The molecule has 2 heterocycles. The number of benzene rings is 1. The first-order valence-electron chi connectivity index (χ1n) is 10.1. The molecule has 0 amide bonds. The highest BCUT2D eigenvalue weighted by Crippen LogP contribution is 2.19. The topological polar surface area (TPSA) is 61.8 Å². The summed E-state index contributed by atoms with van der Waals surface area (Å²) in [5.74, 6) is 2.63. The van der Waals surface area contributed by atoms with E-state index in [0.29, 0.717) is 17.6 Å². The first-order valence-corrected chi connectivity index (χ1v) is 10.5. The van der Waals surface area contributed by atoms with E-state index in [1.807, 2.05) is 37.4 Å². The molecule has 0 bridgehead atoms. The summed E-state index contributed by atoms with van der Waals surface area (Å²) in [4.78, 5) is 11.2. The number of halogens is 1. The lowest BCUT2D eigenvalue weighted by Crippen LogP contribution is -2.50. The monoisotopic (exact) mass is 415 g/mol. The van der Waals surface area contributed by atoms with Gasteiger partial charge in [-0.25, -0.2) is 4.98 Å². The maximum absolute atomic E-state index is 6.01. The second-order valence-corrected chi connectivity index (χ2v) is 7.87. The number of ether oxygens (including phenoxy) is 1. The summed E-state index contributed by atoms with van der Waals surface area (Å²) in [6.45, 7) is 6.71. The Kier molecular flexibility index (Phi) is 7.58. The van der Waals surface area contributed by atoms with Crippen LogP contribution in [0.4, 0.5) is 5.82 Å². The zero-order valence-electron chi connectivity index (χ0n) is 17.4. The van der Waals surface area contributed by atoms with Crippen molar-refractivity contribution in [3.8, 4) is 5.75 Å². The van der Waals surface area contributed by atoms with Crippen LogP contribution in [-0.2, 0) is 0 Å². The number of nitrogens with zero attached hydrogens (tertiary/aromatic N) is 3. The Morgan fingerprint density at radius 3 is 2.76 bits per heavy atom. The van der Waals surface area contributed by atoms with Gasteiger partial charge in [0.2, 0.25) is 0 Å². The highest BCUT2D eigenvalue weighted by atomic mass is 35.5. The largest absolute Gasteiger partial charge is 0.489 e. The quantitative estimate of drug-likeness (QED) is 0.557. The summed E-state index contributed by atoms with van der Waals surface area (Å²) in [6.07, 6.45) is 4.01. The van der Waals surface area contributed by atoms with Crippen LogP contribution in [0.1, 0.15) is 25.3 Å². The van der Waals surface area contributed by atoms with E-state index >= 15 is 0 Å². The lowest BCUT2D eigenvalue weighted by atomic mass is 10.1. The average molecular weight is 416 g/mol. The lowest BCUT2D eigenvalue weighted by molar-refractivity contribution is 0.223. The van der Waals surface area contributed by atoms with E-state index in [0.717, 1.165) is 43.5 Å². The number of pyridine rings is 1. The van der Waals surface area contributed by atoms with Crippen molar-refractivity contribution in [1.82, 2.24) is 15.6 Å². The minimum absolute atomic E-state index is 0.0125. The van der Waals surface area contributed by atoms with E-state index < -0.39 is 0 Å². The third kappa shape index (κ3) is 6.53. The molecule has 1 saturated heterocycles. The van der Waals surface area contributed by atoms with E-state index in [-0.39, 0.29) is 6.10 Å². The molecule has 0 radical (unpaired) electrons. The Hall–Kier alpha value is -2.47. The van der Waals surface area contributed by atoms with Crippen LogP contribution < -0.4 is 20.3 Å². The molecule has 3 rings (SSSR count). The van der Waals surface area contributed by atoms with Gasteiger partial charge in [-0.2, -0.15) is 0 Å². The lowest BCUT2D eigenvalue weighted by Gasteiger charge is -2.34. The number of aromatic nitrogens is 1. The molecule has 0 aliphatic carbocycles. The van der Waals surface area contributed by atoms with Crippen molar-refractivity contribution in [2.45, 2.75) is 38.8 Å². The molecule has 1 aromatic carbocycles. The number of piperidine rings is 1. The zero-order chi connectivity index (χ0) is 20.6. The van der Waals surface area contributed by atoms with Gasteiger partial charge in [0.05, 0.1) is 6.54 Å². The number of aliphatic imine (C=N–C) groups is 1. The van der Waals surface area contributed by atoms with E-state index in [1.165, 1.54) is 5.56 Å². The van der Waals surface area contributed by atoms with E-state index in [4.69, 9.17) is 16.3 Å². The number of hydrogen-bond acceptors (Lipinski definition) is 4. The van der Waals surface area contributed by atoms with Gasteiger partial charge in [0.15, 0.2) is 5.96 Å². The molecule has 0 saturated carbocycles. The van der Waals surface area contributed by atoms with Crippen LogP contribution >= 0.6 is 11.6 Å². The Balaban J connectivity index is 1.41. The van der Waals surface area contributed by atoms with E-state index in [2.05, 4.69) is 44.6 Å². The minimum atomic E-state index is -0.0125. The van der Waals surface area contributed by atoms with Crippen LogP contribution in [0.15, 0.2) is 47.6 Å². The normalized spacial score (nSPS) is 16.4. The Morgan fingerprint density at radius 2 is 2.10 bits per heavy atom. The summed E-state index contributed by atoms with van der Waals surface area (Å²) in [5, 5.41) is 7.56. The molecular formula is C22H30ClN5O. The van der Waals surface area contributed by atoms with Crippen molar-refractivity contribution < 1.29 is 4.74 Å². The van der Waals surface area contributed by atoms with Crippen molar-refractivity contribution in [3.63, 3.8) is 0 Å². The van der Waals surface area contributed by atoms with Gasteiger partial charge in [-0.1, -0.05) is 23.7 Å². The number of guanidine groups is 1. The first kappa shape index (κ1) is 21.2. The molecule has 1 unspecified atom stereocenters. The molecule has 2 aromatic rings. The highest BCUT2D eigenvalue weighted by molar-refractivity contribution is 6.30. The number of aryl methyl sites for hydroxylation is 1. The van der Waals surface area contributed by atoms with Gasteiger partial charge in [-0.05, 0) is 56.5 Å². The summed E-state index contributed by atoms with van der Waals surface area (Å²) in [5.41, 5.74) is 1.19. The number of hydrogen-bond donors (Lipinski definition) is 2. The van der Waals surface area contributed by atoms with Gasteiger partial charge >= 0.3 is 0 Å². The maximum atomic E-state index is 6.01. The van der Waals surface area contributed by atoms with Crippen LogP contribution in [0.3, 0.4) is 0 Å². The fraction of sp³-hybridized carbons (Fsp3) is 0.455. The molecule has 1 aliphatic rings. The van der Waals surface area contributed by atoms with Crippen LogP contribution in [-0.4, -0.2) is 49.8 Å². The molecule has 1 aliphatic heterocycles. The number of rotatable bonds is 6. The predicted octanol–water partition coefficient (Wildman–Crippen LogP) is 3.64. The molecule has 2 N–H and O–H groups in total. The summed E-state index contributed by atoms with van der Waals surface area (Å²) < 4.78 is 5.91. The van der Waals surface area contributed by atoms with Gasteiger partial charge in [0.25, 0.3) is 0 Å². The molecule has 7 heteroatoms. The standard InChI is InChI=1S/C22H30ClN5O/c1-16-7-8-21(25-14-16)28-11-9-19(10-12-28)27-22(24-3)26-15-17(2)29-20-6-4-5-18(23)13-20/h4-8,13-14,17,19H,9-12,15H2,1-3H3,(H2,24,26,27). The molecule has 1 fully saturated rings. The molecule has 29 heavy (non-hydrogen) atoms. The van der Waals surface area contributed by atoms with E-state index in [1.54, 1.807) is 7.05 Å². The predicted molar refractivity (Wildman–Crippen MR) is 120 cm³/mol. The van der Waals surface area contributed by atoms with Crippen molar-refractivity contribution in [3.05, 3.63) is 53.2 Å². The molecule has 1 aromatic heterocycles. The third-order valence-corrected chi connectivity index (χ3v) is 5.20.